The lowest BCUT2D eigenvalue weighted by molar-refractivity contribution is -0.138. The number of nitrogens with zero attached hydrogens (tertiary/aromatic N) is 3. The number of likely N-dealkylation sites (tertiary alicyclic amines) is 1. The summed E-state index contributed by atoms with van der Waals surface area (Å²) < 4.78 is 53.7. The Hall–Kier alpha value is -2.12. The van der Waals surface area contributed by atoms with Crippen molar-refractivity contribution in [3.63, 3.8) is 0 Å². The molecule has 162 valence electrons. The van der Waals surface area contributed by atoms with E-state index in [2.05, 4.69) is 14.7 Å². The van der Waals surface area contributed by atoms with Crippen molar-refractivity contribution in [3.8, 4) is 0 Å². The van der Waals surface area contributed by atoms with Gasteiger partial charge >= 0.3 is 6.18 Å². The van der Waals surface area contributed by atoms with Crippen molar-refractivity contribution >= 4 is 5.69 Å². The Morgan fingerprint density at radius 3 is 2.10 bits per heavy atom. The third kappa shape index (κ3) is 4.78. The molecule has 2 aliphatic rings. The van der Waals surface area contributed by atoms with Gasteiger partial charge in [-0.15, -0.1) is 0 Å². The van der Waals surface area contributed by atoms with E-state index in [0.29, 0.717) is 23.8 Å². The Balaban J connectivity index is 1.28. The topological polar surface area (TPSA) is 9.72 Å². The zero-order valence-corrected chi connectivity index (χ0v) is 16.9. The van der Waals surface area contributed by atoms with Crippen LogP contribution in [-0.4, -0.2) is 55.1 Å². The van der Waals surface area contributed by atoms with Crippen LogP contribution in [0.1, 0.15) is 24.0 Å². The molecular weight excluding hydrogens is 394 g/mol. The molecular formula is C23H27F4N3. The molecule has 4 rings (SSSR count). The fraction of sp³-hybridized carbons (Fsp3) is 0.478. The molecule has 2 aromatic carbocycles. The van der Waals surface area contributed by atoms with Crippen LogP contribution in [0, 0.1) is 5.82 Å². The molecule has 0 radical (unpaired) electrons. The largest absolute Gasteiger partial charge is 0.416 e. The molecule has 0 N–H and O–H groups in total. The van der Waals surface area contributed by atoms with Crippen LogP contribution in [-0.2, 0) is 12.7 Å². The van der Waals surface area contributed by atoms with Crippen LogP contribution < -0.4 is 4.90 Å². The van der Waals surface area contributed by atoms with Gasteiger partial charge in [0.1, 0.15) is 5.82 Å². The van der Waals surface area contributed by atoms with Crippen molar-refractivity contribution in [2.45, 2.75) is 31.6 Å². The molecule has 0 aromatic heterocycles. The molecule has 7 heteroatoms. The number of piperidine rings is 1. The maximum absolute atomic E-state index is 14.0. The second-order valence-electron chi connectivity index (χ2n) is 8.14. The van der Waals surface area contributed by atoms with Gasteiger partial charge in [0.15, 0.2) is 0 Å². The minimum absolute atomic E-state index is 0.182. The number of benzene rings is 2. The molecule has 0 unspecified atom stereocenters. The highest BCUT2D eigenvalue weighted by molar-refractivity contribution is 5.48. The first-order chi connectivity index (χ1) is 14.4. The van der Waals surface area contributed by atoms with Gasteiger partial charge in [0, 0.05) is 38.8 Å². The van der Waals surface area contributed by atoms with Crippen LogP contribution in [0.25, 0.3) is 0 Å². The van der Waals surface area contributed by atoms with Crippen molar-refractivity contribution < 1.29 is 17.6 Å². The zero-order valence-electron chi connectivity index (χ0n) is 16.9. The first-order valence-electron chi connectivity index (χ1n) is 10.5. The van der Waals surface area contributed by atoms with Crippen molar-refractivity contribution in [3.05, 3.63) is 65.5 Å². The third-order valence-corrected chi connectivity index (χ3v) is 6.30. The monoisotopic (exact) mass is 421 g/mol. The molecule has 2 aliphatic heterocycles. The number of halogens is 4. The lowest BCUT2D eigenvalue weighted by atomic mass is 10.00. The molecule has 2 fully saturated rings. The van der Waals surface area contributed by atoms with E-state index < -0.39 is 11.7 Å². The van der Waals surface area contributed by atoms with Crippen molar-refractivity contribution in [2.75, 3.05) is 44.2 Å². The highest BCUT2D eigenvalue weighted by Gasteiger charge is 2.34. The first kappa shape index (κ1) is 21.1. The Labute approximate surface area is 174 Å². The van der Waals surface area contributed by atoms with Gasteiger partial charge in [0.2, 0.25) is 0 Å². The third-order valence-electron chi connectivity index (χ3n) is 6.30. The lowest BCUT2D eigenvalue weighted by Gasteiger charge is -2.43. The molecule has 0 bridgehead atoms. The highest BCUT2D eigenvalue weighted by atomic mass is 19.4. The van der Waals surface area contributed by atoms with Gasteiger partial charge in [0.05, 0.1) is 11.3 Å². The smallest absolute Gasteiger partial charge is 0.367 e. The number of alkyl halides is 3. The van der Waals surface area contributed by atoms with Crippen LogP contribution in [0.5, 0.6) is 0 Å². The molecule has 2 saturated heterocycles. The van der Waals surface area contributed by atoms with E-state index in [9.17, 15) is 17.6 Å². The SMILES string of the molecule is Fc1ccccc1N1CCN(C2CCN(Cc3ccccc3C(F)(F)F)CC2)CC1. The summed E-state index contributed by atoms with van der Waals surface area (Å²) in [7, 11) is 0. The second kappa shape index (κ2) is 8.94. The summed E-state index contributed by atoms with van der Waals surface area (Å²) in [6, 6.07) is 13.2. The average Bonchev–Trinajstić information content (AvgIpc) is 2.75. The van der Waals surface area contributed by atoms with E-state index in [-0.39, 0.29) is 5.82 Å². The van der Waals surface area contributed by atoms with E-state index in [1.807, 2.05) is 12.1 Å². The van der Waals surface area contributed by atoms with E-state index in [0.717, 1.165) is 58.2 Å². The van der Waals surface area contributed by atoms with Crippen molar-refractivity contribution in [2.24, 2.45) is 0 Å². The van der Waals surface area contributed by atoms with Crippen LogP contribution in [0.2, 0.25) is 0 Å². The summed E-state index contributed by atoms with van der Waals surface area (Å²) in [5.41, 5.74) is 0.480. The molecule has 2 aromatic rings. The van der Waals surface area contributed by atoms with Gasteiger partial charge in [-0.2, -0.15) is 13.2 Å². The van der Waals surface area contributed by atoms with E-state index in [1.54, 1.807) is 18.2 Å². The maximum Gasteiger partial charge on any atom is 0.416 e. The summed E-state index contributed by atoms with van der Waals surface area (Å²) >= 11 is 0. The normalized spacial score (nSPS) is 19.9. The molecule has 0 amide bonds. The summed E-state index contributed by atoms with van der Waals surface area (Å²) in [4.78, 5) is 6.67. The van der Waals surface area contributed by atoms with Crippen LogP contribution in [0.4, 0.5) is 23.2 Å². The van der Waals surface area contributed by atoms with Gasteiger partial charge in [-0.25, -0.2) is 4.39 Å². The van der Waals surface area contributed by atoms with Gasteiger partial charge < -0.3 is 4.90 Å². The predicted octanol–water partition coefficient (Wildman–Crippen LogP) is 4.63. The molecule has 30 heavy (non-hydrogen) atoms. The fourth-order valence-corrected chi connectivity index (χ4v) is 4.65. The Kier molecular flexibility index (Phi) is 6.29. The second-order valence-corrected chi connectivity index (χ2v) is 8.14. The van der Waals surface area contributed by atoms with E-state index in [1.165, 1.54) is 12.1 Å². The maximum atomic E-state index is 14.0. The molecule has 0 aliphatic carbocycles. The standard InChI is InChI=1S/C23H27F4N3/c24-21-7-3-4-8-22(21)30-15-13-29(14-16-30)19-9-11-28(12-10-19)17-18-5-1-2-6-20(18)23(25,26)27/h1-8,19H,9-17H2. The summed E-state index contributed by atoms with van der Waals surface area (Å²) in [5, 5.41) is 0. The van der Waals surface area contributed by atoms with Gasteiger partial charge in [0.25, 0.3) is 0 Å². The fourth-order valence-electron chi connectivity index (χ4n) is 4.65. The summed E-state index contributed by atoms with van der Waals surface area (Å²) in [6.07, 6.45) is -2.41. The number of hydrogen-bond donors (Lipinski definition) is 0. The Morgan fingerprint density at radius 1 is 0.800 bits per heavy atom. The molecule has 0 atom stereocenters. The first-order valence-corrected chi connectivity index (χ1v) is 10.5. The molecule has 0 saturated carbocycles. The molecule has 3 nitrogen and oxygen atoms in total. The number of para-hydroxylation sites is 1. The molecule has 0 spiro atoms. The average molecular weight is 421 g/mol. The predicted molar refractivity (Wildman–Crippen MR) is 110 cm³/mol. The summed E-state index contributed by atoms with van der Waals surface area (Å²) in [6.45, 7) is 5.28. The van der Waals surface area contributed by atoms with Crippen LogP contribution in [0.3, 0.4) is 0 Å². The zero-order chi connectivity index (χ0) is 21.1. The number of hydrogen-bond acceptors (Lipinski definition) is 3. The summed E-state index contributed by atoms with van der Waals surface area (Å²) in [5.74, 6) is -0.182. The van der Waals surface area contributed by atoms with Crippen LogP contribution >= 0.6 is 0 Å². The van der Waals surface area contributed by atoms with Crippen molar-refractivity contribution in [1.82, 2.24) is 9.80 Å². The van der Waals surface area contributed by atoms with Gasteiger partial charge in [-0.1, -0.05) is 30.3 Å². The lowest BCUT2D eigenvalue weighted by Crippen LogP contribution is -2.53. The highest BCUT2D eigenvalue weighted by Crippen LogP contribution is 2.33. The number of anilines is 1. The van der Waals surface area contributed by atoms with Crippen LogP contribution in [0.15, 0.2) is 48.5 Å². The van der Waals surface area contributed by atoms with Gasteiger partial charge in [-0.05, 0) is 49.7 Å². The number of rotatable bonds is 4. The molecule has 2 heterocycles. The Bertz CT molecular complexity index is 838. The van der Waals surface area contributed by atoms with Crippen molar-refractivity contribution in [1.29, 1.82) is 0 Å². The van der Waals surface area contributed by atoms with Gasteiger partial charge in [-0.3, -0.25) is 9.80 Å². The van der Waals surface area contributed by atoms with E-state index >= 15 is 0 Å². The minimum Gasteiger partial charge on any atom is -0.367 e. The minimum atomic E-state index is -4.31. The Morgan fingerprint density at radius 2 is 1.43 bits per heavy atom. The van der Waals surface area contributed by atoms with E-state index in [4.69, 9.17) is 0 Å². The quantitative estimate of drug-likeness (QED) is 0.667. The number of piperazine rings is 1.